The maximum atomic E-state index is 12.4. The minimum atomic E-state index is -0.680. The van der Waals surface area contributed by atoms with Crippen molar-refractivity contribution in [3.05, 3.63) is 29.8 Å². The lowest BCUT2D eigenvalue weighted by Crippen LogP contribution is -2.34. The van der Waals surface area contributed by atoms with E-state index in [1.165, 1.54) is 0 Å². The van der Waals surface area contributed by atoms with Gasteiger partial charge in [0.05, 0.1) is 19.8 Å². The number of hydrogen-bond donors (Lipinski definition) is 3. The number of ether oxygens (including phenoxy) is 3. The lowest BCUT2D eigenvalue weighted by Gasteiger charge is -2.31. The second kappa shape index (κ2) is 17.6. The van der Waals surface area contributed by atoms with Crippen LogP contribution in [0, 0.1) is 17.8 Å². The Labute approximate surface area is 230 Å². The fourth-order valence-corrected chi connectivity index (χ4v) is 4.81. The van der Waals surface area contributed by atoms with Crippen LogP contribution < -0.4 is 20.7 Å². The molecule has 1 aromatic rings. The van der Waals surface area contributed by atoms with E-state index in [-0.39, 0.29) is 42.3 Å². The number of nitrogens with one attached hydrogen (secondary N) is 3. The van der Waals surface area contributed by atoms with Crippen LogP contribution in [0.3, 0.4) is 0 Å². The van der Waals surface area contributed by atoms with Crippen molar-refractivity contribution in [2.24, 2.45) is 5.92 Å². The fraction of sp³-hybridized carbons (Fsp3) is 0.630. The predicted molar refractivity (Wildman–Crippen MR) is 154 cm³/mol. The van der Waals surface area contributed by atoms with Crippen molar-refractivity contribution < 1.29 is 23.8 Å². The van der Waals surface area contributed by atoms with E-state index >= 15 is 0 Å². The molecule has 0 aliphatic rings. The number of carbonyl (C=O) groups excluding carboxylic acids is 2. The number of amides is 2. The Balaban J connectivity index is 2.60. The van der Waals surface area contributed by atoms with Gasteiger partial charge in [0.15, 0.2) is 4.93 Å². The molecule has 208 valence electrons. The molecule has 8 nitrogen and oxygen atoms in total. The Morgan fingerprint density at radius 1 is 1.05 bits per heavy atom. The fourth-order valence-electron chi connectivity index (χ4n) is 2.58. The van der Waals surface area contributed by atoms with Crippen molar-refractivity contribution in [3.63, 3.8) is 0 Å². The van der Waals surface area contributed by atoms with Crippen LogP contribution in [0.25, 0.3) is 0 Å². The topological polar surface area (TPSA) is 97.9 Å². The zero-order chi connectivity index (χ0) is 27.7. The third-order valence-electron chi connectivity index (χ3n) is 4.36. The molecule has 0 saturated heterocycles. The lowest BCUT2D eigenvalue weighted by atomic mass is 10.2. The minimum absolute atomic E-state index is 0.0215. The Hall–Kier alpha value is -1.90. The van der Waals surface area contributed by atoms with E-state index in [2.05, 4.69) is 48.6 Å². The van der Waals surface area contributed by atoms with Gasteiger partial charge in [-0.25, -0.2) is 0 Å². The third kappa shape index (κ3) is 16.5. The summed E-state index contributed by atoms with van der Waals surface area (Å²) in [5, 5.41) is 8.57. The normalized spacial score (nSPS) is 12.9. The molecule has 1 atom stereocenters. The number of rotatable bonds is 16. The summed E-state index contributed by atoms with van der Waals surface area (Å²) in [7, 11) is 5.13. The largest absolute Gasteiger partial charge is 0.490 e. The molecule has 0 unspecified atom stereocenters. The predicted octanol–water partition coefficient (Wildman–Crippen LogP) is 3.72. The van der Waals surface area contributed by atoms with Gasteiger partial charge in [0.1, 0.15) is 19.0 Å². The molecule has 0 fully saturated rings. The molecule has 0 aromatic heterocycles. The van der Waals surface area contributed by atoms with Crippen LogP contribution in [0.15, 0.2) is 24.3 Å². The average molecular weight is 554 g/mol. The van der Waals surface area contributed by atoms with Gasteiger partial charge in [0.25, 0.3) is 5.91 Å². The smallest absolute Gasteiger partial charge is 0.251 e. The van der Waals surface area contributed by atoms with Crippen LogP contribution in [0.2, 0.25) is 0 Å². The van der Waals surface area contributed by atoms with Gasteiger partial charge in [0, 0.05) is 29.3 Å². The Morgan fingerprint density at radius 2 is 1.81 bits per heavy atom. The molecule has 0 heterocycles. The summed E-state index contributed by atoms with van der Waals surface area (Å²) < 4.78 is 17.7. The van der Waals surface area contributed by atoms with Gasteiger partial charge < -0.3 is 30.2 Å². The lowest BCUT2D eigenvalue weighted by molar-refractivity contribution is -0.126. The molecule has 0 radical (unpaired) electrons. The number of benzene rings is 1. The quantitative estimate of drug-likeness (QED) is 0.123. The van der Waals surface area contributed by atoms with Crippen molar-refractivity contribution in [1.29, 1.82) is 0 Å². The van der Waals surface area contributed by atoms with Crippen molar-refractivity contribution in [2.45, 2.75) is 51.2 Å². The second-order valence-corrected chi connectivity index (χ2v) is 13.2. The van der Waals surface area contributed by atoms with Crippen LogP contribution >= 0.6 is 21.6 Å². The molecule has 1 aromatic carbocycles. The highest BCUT2D eigenvalue weighted by Gasteiger charge is 2.30. The van der Waals surface area contributed by atoms with E-state index in [1.54, 1.807) is 39.8 Å². The molecule has 0 aliphatic carbocycles. The van der Waals surface area contributed by atoms with Crippen LogP contribution in [-0.4, -0.2) is 74.6 Å². The highest BCUT2D eigenvalue weighted by molar-refractivity contribution is 8.77. The summed E-state index contributed by atoms with van der Waals surface area (Å²) in [6.07, 6.45) is 0. The van der Waals surface area contributed by atoms with Crippen molar-refractivity contribution in [2.75, 3.05) is 53.1 Å². The van der Waals surface area contributed by atoms with Gasteiger partial charge in [0.2, 0.25) is 5.91 Å². The molecular weight excluding hydrogens is 510 g/mol. The summed E-state index contributed by atoms with van der Waals surface area (Å²) in [4.78, 5) is 23.5. The van der Waals surface area contributed by atoms with Crippen molar-refractivity contribution >= 4 is 33.4 Å². The monoisotopic (exact) mass is 553 g/mol. The zero-order valence-electron chi connectivity index (χ0n) is 23.2. The summed E-state index contributed by atoms with van der Waals surface area (Å²) >= 11 is 0. The molecule has 0 spiro atoms. The molecule has 37 heavy (non-hydrogen) atoms. The summed E-state index contributed by atoms with van der Waals surface area (Å²) in [6.45, 7) is 14.7. The Bertz CT molecular complexity index is 896. The van der Waals surface area contributed by atoms with Crippen LogP contribution in [-0.2, 0) is 14.3 Å². The molecule has 0 aliphatic heterocycles. The number of likely N-dealkylation sites (N-methyl/N-ethyl adjacent to an activating group) is 1. The van der Waals surface area contributed by atoms with Gasteiger partial charge in [-0.2, -0.15) is 0 Å². The van der Waals surface area contributed by atoms with E-state index in [1.807, 2.05) is 33.9 Å². The average Bonchev–Trinajstić information content (AvgIpc) is 2.84. The number of hydrogen-bond acceptors (Lipinski definition) is 8. The first-order chi connectivity index (χ1) is 17.4. The Kier molecular flexibility index (Phi) is 15.7. The van der Waals surface area contributed by atoms with E-state index in [4.69, 9.17) is 14.2 Å². The first kappa shape index (κ1) is 33.1. The third-order valence-corrected chi connectivity index (χ3v) is 8.34. The molecule has 10 heteroatoms. The first-order valence-electron chi connectivity index (χ1n) is 12.4. The Morgan fingerprint density at radius 3 is 2.49 bits per heavy atom. The van der Waals surface area contributed by atoms with Crippen LogP contribution in [0.4, 0.5) is 0 Å². The number of carbonyl (C=O) groups is 2. The van der Waals surface area contributed by atoms with E-state index in [0.717, 1.165) is 0 Å². The highest BCUT2D eigenvalue weighted by Crippen LogP contribution is 2.44. The maximum absolute atomic E-state index is 12.4. The maximum Gasteiger partial charge on any atom is 0.251 e. The molecule has 0 saturated carbocycles. The minimum Gasteiger partial charge on any atom is -0.490 e. The first-order valence-corrected chi connectivity index (χ1v) is 14.6. The second-order valence-electron chi connectivity index (χ2n) is 9.74. The summed E-state index contributed by atoms with van der Waals surface area (Å²) in [6, 6.07) is 7.10. The standard InChI is InChI=1S/C27H43N3O5S2/c1-21(2)10-9-13-29-24(31)19-33-16-17-35-27(6,37-36-26(3,4)5)20-34-23-12-8-11-22(18-23)25(32)30-15-14-28-7/h8,11-12,18,21,28H,13-17,19-20H2,1-7H3,(H,29,31)(H,30,32)/t27-/m1/s1. The van der Waals surface area contributed by atoms with Gasteiger partial charge in [-0.05, 0) is 32.2 Å². The molecule has 1 rings (SSSR count). The van der Waals surface area contributed by atoms with Crippen LogP contribution in [0.5, 0.6) is 5.75 Å². The summed E-state index contributed by atoms with van der Waals surface area (Å²) in [5.74, 6) is 6.40. The highest BCUT2D eigenvalue weighted by atomic mass is 33.1. The van der Waals surface area contributed by atoms with Crippen LogP contribution in [0.1, 0.15) is 51.9 Å². The molecular formula is C27H43N3O5S2. The van der Waals surface area contributed by atoms with Gasteiger partial charge >= 0.3 is 0 Å². The zero-order valence-corrected chi connectivity index (χ0v) is 24.8. The SMILES string of the molecule is CNCCNC(=O)c1cccc(OC[C@](C)(OCCOCC(=O)NCC#CC(C)C)SSC(C)(C)C)c1. The van der Waals surface area contributed by atoms with E-state index in [9.17, 15) is 9.59 Å². The van der Waals surface area contributed by atoms with Crippen molar-refractivity contribution in [3.8, 4) is 17.6 Å². The molecule has 3 N–H and O–H groups in total. The van der Waals surface area contributed by atoms with E-state index in [0.29, 0.717) is 37.6 Å². The van der Waals surface area contributed by atoms with Gasteiger partial charge in [-0.3, -0.25) is 9.59 Å². The van der Waals surface area contributed by atoms with Crippen molar-refractivity contribution in [1.82, 2.24) is 16.0 Å². The van der Waals surface area contributed by atoms with E-state index < -0.39 is 4.93 Å². The summed E-state index contributed by atoms with van der Waals surface area (Å²) in [5.41, 5.74) is 0.537. The van der Waals surface area contributed by atoms with Gasteiger partial charge in [-0.1, -0.05) is 74.1 Å². The van der Waals surface area contributed by atoms with Gasteiger partial charge in [-0.15, -0.1) is 0 Å². The molecule has 2 amide bonds. The molecule has 0 bridgehead atoms.